The highest BCUT2D eigenvalue weighted by Gasteiger charge is 2.29. The topological polar surface area (TPSA) is 119 Å². The van der Waals surface area contributed by atoms with Gasteiger partial charge in [0.2, 0.25) is 10.0 Å². The third-order valence-electron chi connectivity index (χ3n) is 5.17. The van der Waals surface area contributed by atoms with Gasteiger partial charge in [0.05, 0.1) is 22.8 Å². The van der Waals surface area contributed by atoms with Gasteiger partial charge in [0.25, 0.3) is 5.56 Å². The maximum absolute atomic E-state index is 12.9. The Labute approximate surface area is 180 Å². The summed E-state index contributed by atoms with van der Waals surface area (Å²) in [4.78, 5) is 20.6. The number of sulfonamides is 1. The number of ether oxygens (including phenoxy) is 1. The van der Waals surface area contributed by atoms with Gasteiger partial charge in [-0.05, 0) is 51.3 Å². The van der Waals surface area contributed by atoms with Crippen LogP contribution in [0.1, 0.15) is 45.7 Å². The molecule has 1 aliphatic carbocycles. The zero-order valence-electron chi connectivity index (χ0n) is 17.9. The Kier molecular flexibility index (Phi) is 5.85. The van der Waals surface area contributed by atoms with E-state index in [1.807, 2.05) is 20.8 Å². The Morgan fingerprint density at radius 3 is 2.68 bits per heavy atom. The summed E-state index contributed by atoms with van der Waals surface area (Å²) in [5, 5.41) is 4.55. The molecule has 0 unspecified atom stereocenters. The van der Waals surface area contributed by atoms with Gasteiger partial charge in [-0.1, -0.05) is 13.3 Å². The van der Waals surface area contributed by atoms with Crippen LogP contribution in [-0.2, 0) is 23.0 Å². The van der Waals surface area contributed by atoms with E-state index in [1.165, 1.54) is 12.1 Å². The van der Waals surface area contributed by atoms with Crippen molar-refractivity contribution in [2.45, 2.75) is 63.9 Å². The molecule has 2 N–H and O–H groups in total. The minimum Gasteiger partial charge on any atom is -0.493 e. The van der Waals surface area contributed by atoms with Crippen molar-refractivity contribution in [3.8, 4) is 17.1 Å². The molecule has 1 fully saturated rings. The maximum atomic E-state index is 12.9. The normalized spacial score (nSPS) is 14.3. The molecule has 1 saturated carbocycles. The minimum absolute atomic E-state index is 0.00853. The number of benzene rings is 1. The van der Waals surface area contributed by atoms with Gasteiger partial charge in [-0.15, -0.1) is 0 Å². The van der Waals surface area contributed by atoms with E-state index in [1.54, 1.807) is 10.7 Å². The second-order valence-electron chi connectivity index (χ2n) is 7.61. The molecule has 2 heterocycles. The zero-order chi connectivity index (χ0) is 22.2. The molecule has 31 heavy (non-hydrogen) atoms. The van der Waals surface area contributed by atoms with Crippen molar-refractivity contribution in [2.75, 3.05) is 6.61 Å². The van der Waals surface area contributed by atoms with Gasteiger partial charge < -0.3 is 9.72 Å². The lowest BCUT2D eigenvalue weighted by Gasteiger charge is -2.13. The Morgan fingerprint density at radius 2 is 2.03 bits per heavy atom. The predicted octanol–water partition coefficient (Wildman–Crippen LogP) is 2.60. The second-order valence-corrected chi connectivity index (χ2v) is 9.32. The molecule has 2 aromatic heterocycles. The molecule has 1 aromatic carbocycles. The lowest BCUT2D eigenvalue weighted by molar-refractivity contribution is 0.341. The summed E-state index contributed by atoms with van der Waals surface area (Å²) in [6.45, 7) is 6.74. The number of H-pyrrole nitrogens is 1. The number of aromatic amines is 1. The lowest BCUT2D eigenvalue weighted by Crippen LogP contribution is -2.25. The van der Waals surface area contributed by atoms with Crippen LogP contribution in [-0.4, -0.2) is 40.8 Å². The molecule has 0 radical (unpaired) electrons. The molecular weight excluding hydrogens is 418 g/mol. The van der Waals surface area contributed by atoms with Crippen molar-refractivity contribution in [1.29, 1.82) is 0 Å². The van der Waals surface area contributed by atoms with Gasteiger partial charge in [-0.25, -0.2) is 18.1 Å². The summed E-state index contributed by atoms with van der Waals surface area (Å²) in [6.07, 6.45) is 3.24. The summed E-state index contributed by atoms with van der Waals surface area (Å²) in [5.41, 5.74) is 1.82. The average Bonchev–Trinajstić information content (AvgIpc) is 3.47. The SMILES string of the molecule is CCCc1nn(CC)c2c(=O)[nH]c(-c3cc(S(=O)(=O)NC4CC4)ccc3OCC)nc12. The Balaban J connectivity index is 1.90. The zero-order valence-corrected chi connectivity index (χ0v) is 18.8. The Morgan fingerprint density at radius 1 is 1.26 bits per heavy atom. The third kappa shape index (κ3) is 4.22. The Bertz CT molecular complexity index is 1270. The maximum Gasteiger partial charge on any atom is 0.277 e. The van der Waals surface area contributed by atoms with E-state index in [0.717, 1.165) is 25.0 Å². The monoisotopic (exact) mass is 445 g/mol. The van der Waals surface area contributed by atoms with Crippen LogP contribution in [0.2, 0.25) is 0 Å². The highest BCUT2D eigenvalue weighted by atomic mass is 32.2. The minimum atomic E-state index is -3.67. The van der Waals surface area contributed by atoms with E-state index in [-0.39, 0.29) is 22.3 Å². The van der Waals surface area contributed by atoms with Gasteiger partial charge in [-0.2, -0.15) is 5.10 Å². The molecule has 9 nitrogen and oxygen atoms in total. The van der Waals surface area contributed by atoms with Crippen LogP contribution in [0.25, 0.3) is 22.4 Å². The largest absolute Gasteiger partial charge is 0.493 e. The smallest absolute Gasteiger partial charge is 0.277 e. The average molecular weight is 446 g/mol. The van der Waals surface area contributed by atoms with Gasteiger partial charge >= 0.3 is 0 Å². The number of nitrogens with one attached hydrogen (secondary N) is 2. The van der Waals surface area contributed by atoms with Crippen LogP contribution < -0.4 is 15.0 Å². The summed E-state index contributed by atoms with van der Waals surface area (Å²) >= 11 is 0. The first-order valence-electron chi connectivity index (χ1n) is 10.7. The van der Waals surface area contributed by atoms with E-state index < -0.39 is 10.0 Å². The van der Waals surface area contributed by atoms with E-state index in [0.29, 0.717) is 41.9 Å². The number of aryl methyl sites for hydroxylation is 2. The third-order valence-corrected chi connectivity index (χ3v) is 6.69. The lowest BCUT2D eigenvalue weighted by atomic mass is 10.1. The predicted molar refractivity (Wildman–Crippen MR) is 118 cm³/mol. The molecule has 0 spiro atoms. The van der Waals surface area contributed by atoms with Crippen molar-refractivity contribution in [3.63, 3.8) is 0 Å². The molecule has 3 aromatic rings. The van der Waals surface area contributed by atoms with Crippen LogP contribution in [0.15, 0.2) is 27.9 Å². The van der Waals surface area contributed by atoms with Crippen molar-refractivity contribution in [1.82, 2.24) is 24.5 Å². The van der Waals surface area contributed by atoms with E-state index in [2.05, 4.69) is 14.8 Å². The van der Waals surface area contributed by atoms with E-state index in [9.17, 15) is 13.2 Å². The fourth-order valence-corrected chi connectivity index (χ4v) is 4.87. The number of hydrogen-bond acceptors (Lipinski definition) is 6. The number of rotatable bonds is 9. The highest BCUT2D eigenvalue weighted by Crippen LogP contribution is 2.32. The van der Waals surface area contributed by atoms with Gasteiger partial charge in [0.1, 0.15) is 17.1 Å². The Hall–Kier alpha value is -2.72. The van der Waals surface area contributed by atoms with Crippen LogP contribution in [0.5, 0.6) is 5.75 Å². The summed E-state index contributed by atoms with van der Waals surface area (Å²) < 4.78 is 35.5. The van der Waals surface area contributed by atoms with E-state index >= 15 is 0 Å². The molecule has 4 rings (SSSR count). The molecule has 166 valence electrons. The molecule has 0 aliphatic heterocycles. The fraction of sp³-hybridized carbons (Fsp3) is 0.476. The first-order valence-corrected chi connectivity index (χ1v) is 12.2. The molecule has 0 amide bonds. The van der Waals surface area contributed by atoms with Gasteiger partial charge in [0.15, 0.2) is 5.52 Å². The first kappa shape index (κ1) is 21.5. The summed E-state index contributed by atoms with van der Waals surface area (Å²) in [6, 6.07) is 4.61. The van der Waals surface area contributed by atoms with Crippen molar-refractivity contribution >= 4 is 21.1 Å². The number of hydrogen-bond donors (Lipinski definition) is 2. The standard InChI is InChI=1S/C21H27N5O4S/c1-4-7-16-18-19(26(5-2)24-16)21(27)23-20(22-18)15-12-14(10-11-17(15)30-6-3)31(28,29)25-13-8-9-13/h10-13,25H,4-9H2,1-3H3,(H,22,23,27). The summed E-state index contributed by atoms with van der Waals surface area (Å²) in [7, 11) is -3.67. The fourth-order valence-electron chi connectivity index (χ4n) is 3.54. The van der Waals surface area contributed by atoms with Crippen molar-refractivity contribution in [2.24, 2.45) is 0 Å². The molecule has 0 bridgehead atoms. The number of aromatic nitrogens is 4. The quantitative estimate of drug-likeness (QED) is 0.523. The van der Waals surface area contributed by atoms with Crippen LogP contribution in [0.3, 0.4) is 0 Å². The number of fused-ring (bicyclic) bond motifs is 1. The van der Waals surface area contributed by atoms with Crippen LogP contribution in [0, 0.1) is 0 Å². The highest BCUT2D eigenvalue weighted by molar-refractivity contribution is 7.89. The molecular formula is C21H27N5O4S. The molecule has 1 aliphatic rings. The molecule has 0 atom stereocenters. The van der Waals surface area contributed by atoms with Crippen LogP contribution in [0.4, 0.5) is 0 Å². The van der Waals surface area contributed by atoms with Gasteiger partial charge in [-0.3, -0.25) is 9.48 Å². The number of nitrogens with zero attached hydrogens (tertiary/aromatic N) is 3. The van der Waals surface area contributed by atoms with Crippen LogP contribution >= 0.6 is 0 Å². The first-order chi connectivity index (χ1) is 14.9. The van der Waals surface area contributed by atoms with Crippen molar-refractivity contribution < 1.29 is 13.2 Å². The van der Waals surface area contributed by atoms with Crippen molar-refractivity contribution in [3.05, 3.63) is 34.2 Å². The summed E-state index contributed by atoms with van der Waals surface area (Å²) in [5.74, 6) is 0.715. The molecule has 10 heteroatoms. The van der Waals surface area contributed by atoms with E-state index in [4.69, 9.17) is 9.72 Å². The second kappa shape index (κ2) is 8.43. The van der Waals surface area contributed by atoms with Gasteiger partial charge in [0, 0.05) is 12.6 Å². The molecule has 0 saturated heterocycles.